The van der Waals surface area contributed by atoms with Gasteiger partial charge in [0.25, 0.3) is 0 Å². The molecule has 2 unspecified atom stereocenters. The molecule has 0 bridgehead atoms. The minimum atomic E-state index is -1.32. The van der Waals surface area contributed by atoms with Gasteiger partial charge in [0.05, 0.1) is 32.3 Å². The maximum absolute atomic E-state index is 11.2. The van der Waals surface area contributed by atoms with Gasteiger partial charge in [0.2, 0.25) is 0 Å². The quantitative estimate of drug-likeness (QED) is 0.124. The molecular formula is C18H34BiN4O9. The average molecular weight is 659 g/mol. The molecule has 2 atom stereocenters. The van der Waals surface area contributed by atoms with Gasteiger partial charge in [0, 0.05) is 85.1 Å². The van der Waals surface area contributed by atoms with Crippen molar-refractivity contribution in [3.63, 3.8) is 0 Å². The number of aliphatic hydroxyl groups is 3. The molecule has 0 saturated carbocycles. The van der Waals surface area contributed by atoms with Gasteiger partial charge in [-0.1, -0.05) is 0 Å². The normalized spacial score (nSPS) is 20.3. The van der Waals surface area contributed by atoms with Crippen LogP contribution in [-0.4, -0.2) is 192 Å². The van der Waals surface area contributed by atoms with Crippen molar-refractivity contribution in [1.29, 1.82) is 0 Å². The van der Waals surface area contributed by atoms with Gasteiger partial charge in [-0.3, -0.25) is 34.0 Å². The van der Waals surface area contributed by atoms with E-state index in [0.29, 0.717) is 52.4 Å². The molecule has 32 heavy (non-hydrogen) atoms. The Hall–Kier alpha value is -0.987. The topological polar surface area (TPSA) is 186 Å². The first-order valence-electron chi connectivity index (χ1n) is 10.1. The average Bonchev–Trinajstić information content (AvgIpc) is 2.67. The van der Waals surface area contributed by atoms with Gasteiger partial charge in [0.1, 0.15) is 6.10 Å². The minimum Gasteiger partial charge on any atom is -0.480 e. The van der Waals surface area contributed by atoms with E-state index in [1.54, 1.807) is 19.6 Å². The molecule has 1 saturated heterocycles. The van der Waals surface area contributed by atoms with Crippen LogP contribution in [0.4, 0.5) is 0 Å². The maximum atomic E-state index is 11.2. The molecule has 1 fully saturated rings. The molecule has 0 aromatic rings. The number of carboxylic acids is 3. The van der Waals surface area contributed by atoms with E-state index >= 15 is 0 Å². The van der Waals surface area contributed by atoms with Gasteiger partial charge in [-0.2, -0.15) is 0 Å². The molecule has 0 spiro atoms. The Bertz CT molecular complexity index is 555. The van der Waals surface area contributed by atoms with Crippen molar-refractivity contribution in [2.75, 3.05) is 85.1 Å². The predicted octanol–water partition coefficient (Wildman–Crippen LogP) is -4.20. The summed E-state index contributed by atoms with van der Waals surface area (Å²) in [6.07, 6.45) is -2.54. The van der Waals surface area contributed by atoms with E-state index in [1.807, 2.05) is 0 Å². The van der Waals surface area contributed by atoms with Crippen LogP contribution in [0.25, 0.3) is 0 Å². The summed E-state index contributed by atoms with van der Waals surface area (Å²) in [6, 6.07) is 0. The predicted molar refractivity (Wildman–Crippen MR) is 114 cm³/mol. The zero-order valence-corrected chi connectivity index (χ0v) is 21.5. The van der Waals surface area contributed by atoms with Gasteiger partial charge < -0.3 is 30.6 Å². The van der Waals surface area contributed by atoms with Crippen molar-refractivity contribution >= 4 is 44.1 Å². The number of nitrogens with zero attached hydrogens (tertiary/aromatic N) is 4. The zero-order valence-electron chi connectivity index (χ0n) is 18.0. The number of aliphatic hydroxyl groups excluding tert-OH is 3. The number of aliphatic carboxylic acids is 3. The Morgan fingerprint density at radius 1 is 0.594 bits per heavy atom. The van der Waals surface area contributed by atoms with Crippen molar-refractivity contribution in [1.82, 2.24) is 19.6 Å². The van der Waals surface area contributed by atoms with E-state index in [1.165, 1.54) is 0 Å². The third-order valence-corrected chi connectivity index (χ3v) is 5.08. The summed E-state index contributed by atoms with van der Waals surface area (Å²) in [5.41, 5.74) is 0. The van der Waals surface area contributed by atoms with Crippen LogP contribution in [0.15, 0.2) is 0 Å². The second-order valence-electron chi connectivity index (χ2n) is 7.63. The third kappa shape index (κ3) is 13.5. The summed E-state index contributed by atoms with van der Waals surface area (Å²) in [7, 11) is 0. The molecule has 13 nitrogen and oxygen atoms in total. The Labute approximate surface area is 205 Å². The van der Waals surface area contributed by atoms with Crippen LogP contribution in [0, 0.1) is 0 Å². The molecular weight excluding hydrogens is 625 g/mol. The van der Waals surface area contributed by atoms with Gasteiger partial charge >= 0.3 is 17.9 Å². The summed E-state index contributed by atoms with van der Waals surface area (Å²) in [5, 5.41) is 56.2. The molecule has 3 radical (unpaired) electrons. The van der Waals surface area contributed by atoms with E-state index in [-0.39, 0.29) is 52.4 Å². The smallest absolute Gasteiger partial charge is 0.317 e. The summed E-state index contributed by atoms with van der Waals surface area (Å²) < 4.78 is 0. The summed E-state index contributed by atoms with van der Waals surface area (Å²) in [5.74, 6) is -3.07. The fourth-order valence-corrected chi connectivity index (χ4v) is 3.32. The van der Waals surface area contributed by atoms with E-state index < -0.39 is 36.7 Å². The molecule has 1 heterocycles. The molecule has 185 valence electrons. The standard InChI is InChI=1S/C18H34N4O9.Bi/c23-13-15(25)14(24)9-19-1-3-20(10-16(26)27)5-7-22(12-18(30)31)8-6-21(4-2-19)11-17(28)29;/h14-15,23-25H,1-13H2,(H,26,27)(H,28,29)(H,30,31);. The zero-order chi connectivity index (χ0) is 23.4. The second-order valence-corrected chi connectivity index (χ2v) is 7.63. The molecule has 0 aromatic carbocycles. The number of β-amino-alcohol motifs (C(OH)–C–C–N with tert-alkyl or cyclic N) is 1. The molecule has 0 aromatic heterocycles. The number of hydrogen-bond acceptors (Lipinski definition) is 10. The van der Waals surface area contributed by atoms with Crippen LogP contribution in [0.5, 0.6) is 0 Å². The van der Waals surface area contributed by atoms with Crippen LogP contribution in [0.3, 0.4) is 0 Å². The first-order chi connectivity index (χ1) is 14.6. The van der Waals surface area contributed by atoms with Gasteiger partial charge in [-0.25, -0.2) is 0 Å². The number of carboxylic acid groups (broad SMARTS) is 3. The van der Waals surface area contributed by atoms with Crippen LogP contribution in [0.2, 0.25) is 0 Å². The Morgan fingerprint density at radius 3 is 1.12 bits per heavy atom. The van der Waals surface area contributed by atoms with E-state index in [4.69, 9.17) is 10.2 Å². The van der Waals surface area contributed by atoms with Gasteiger partial charge in [0.15, 0.2) is 0 Å². The van der Waals surface area contributed by atoms with Gasteiger partial charge in [-0.05, 0) is 0 Å². The number of hydrogen-bond donors (Lipinski definition) is 6. The largest absolute Gasteiger partial charge is 0.480 e. The van der Waals surface area contributed by atoms with Crippen molar-refractivity contribution in [3.8, 4) is 0 Å². The Kier molecular flexibility index (Phi) is 16.1. The Balaban J connectivity index is 0.00000961. The molecule has 1 aliphatic rings. The fourth-order valence-electron chi connectivity index (χ4n) is 3.32. The summed E-state index contributed by atoms with van der Waals surface area (Å²) >= 11 is 0. The van der Waals surface area contributed by atoms with Crippen LogP contribution in [0.1, 0.15) is 0 Å². The first kappa shape index (κ1) is 31.0. The molecule has 0 aliphatic carbocycles. The van der Waals surface area contributed by atoms with Crippen molar-refractivity contribution in [2.24, 2.45) is 0 Å². The Morgan fingerprint density at radius 2 is 0.875 bits per heavy atom. The molecule has 0 amide bonds. The minimum absolute atomic E-state index is 0. The summed E-state index contributed by atoms with van der Waals surface area (Å²) in [6.45, 7) is 1.20. The van der Waals surface area contributed by atoms with Crippen LogP contribution >= 0.6 is 0 Å². The van der Waals surface area contributed by atoms with Crippen LogP contribution in [-0.2, 0) is 14.4 Å². The maximum Gasteiger partial charge on any atom is 0.317 e. The van der Waals surface area contributed by atoms with E-state index in [9.17, 15) is 34.8 Å². The number of rotatable bonds is 10. The molecule has 14 heteroatoms. The van der Waals surface area contributed by atoms with E-state index in [0.717, 1.165) is 0 Å². The van der Waals surface area contributed by atoms with Crippen molar-refractivity contribution < 1.29 is 45.0 Å². The van der Waals surface area contributed by atoms with Gasteiger partial charge in [-0.15, -0.1) is 0 Å². The fraction of sp³-hybridized carbons (Fsp3) is 0.833. The molecule has 6 N–H and O–H groups in total. The SMILES string of the molecule is O=C(O)CN1CCN(CC(=O)O)CCN(CC(O)C(O)CO)CCN(CC(=O)O)CC1.[Bi]. The van der Waals surface area contributed by atoms with E-state index in [2.05, 4.69) is 0 Å². The van der Waals surface area contributed by atoms with Crippen molar-refractivity contribution in [3.05, 3.63) is 0 Å². The second kappa shape index (κ2) is 16.6. The number of carbonyl (C=O) groups is 3. The monoisotopic (exact) mass is 659 g/mol. The first-order valence-corrected chi connectivity index (χ1v) is 10.1. The van der Waals surface area contributed by atoms with Crippen molar-refractivity contribution in [2.45, 2.75) is 12.2 Å². The molecule has 1 aliphatic heterocycles. The third-order valence-electron chi connectivity index (χ3n) is 5.08. The summed E-state index contributed by atoms with van der Waals surface area (Å²) in [4.78, 5) is 40.3. The molecule has 1 rings (SSSR count). The van der Waals surface area contributed by atoms with Crippen LogP contribution < -0.4 is 0 Å².